The largest absolute Gasteiger partial charge is 0.457 e. The van der Waals surface area contributed by atoms with Gasteiger partial charge >= 0.3 is 0 Å². The van der Waals surface area contributed by atoms with Gasteiger partial charge in [0, 0.05) is 10.7 Å². The van der Waals surface area contributed by atoms with Gasteiger partial charge in [-0.25, -0.2) is 0 Å². The fourth-order valence-electron chi connectivity index (χ4n) is 1.63. The van der Waals surface area contributed by atoms with E-state index < -0.39 is 0 Å². The Morgan fingerprint density at radius 3 is 2.12 bits per heavy atom. The van der Waals surface area contributed by atoms with Crippen LogP contribution in [-0.4, -0.2) is 0 Å². The molecule has 0 unspecified atom stereocenters. The molecule has 0 aliphatic heterocycles. The molecule has 17 heavy (non-hydrogen) atoms. The molecule has 0 fully saturated rings. The van der Waals surface area contributed by atoms with Crippen molar-refractivity contribution >= 4 is 17.3 Å². The number of benzene rings is 2. The van der Waals surface area contributed by atoms with Crippen LogP contribution in [0.25, 0.3) is 0 Å². The van der Waals surface area contributed by atoms with E-state index in [-0.39, 0.29) is 0 Å². The van der Waals surface area contributed by atoms with E-state index in [9.17, 15) is 0 Å². The summed E-state index contributed by atoms with van der Waals surface area (Å²) >= 11 is 5.90. The lowest BCUT2D eigenvalue weighted by Gasteiger charge is -2.11. The molecule has 0 amide bonds. The van der Waals surface area contributed by atoms with Crippen LogP contribution in [0.5, 0.6) is 11.5 Å². The normalized spacial score (nSPS) is 10.3. The molecule has 2 N–H and O–H groups in total. The van der Waals surface area contributed by atoms with Crippen LogP contribution in [0.3, 0.4) is 0 Å². The van der Waals surface area contributed by atoms with Crippen molar-refractivity contribution in [1.29, 1.82) is 0 Å². The molecule has 88 valence electrons. The third kappa shape index (κ3) is 2.71. The van der Waals surface area contributed by atoms with Crippen molar-refractivity contribution in [2.45, 2.75) is 13.8 Å². The maximum atomic E-state index is 5.90. The highest BCUT2D eigenvalue weighted by Gasteiger charge is 2.04. The third-order valence-electron chi connectivity index (χ3n) is 2.56. The first-order valence-electron chi connectivity index (χ1n) is 5.36. The molecule has 0 saturated carbocycles. The maximum absolute atomic E-state index is 5.90. The van der Waals surface area contributed by atoms with Gasteiger partial charge in [-0.15, -0.1) is 0 Å². The number of halogens is 1. The van der Waals surface area contributed by atoms with Gasteiger partial charge < -0.3 is 10.5 Å². The number of ether oxygens (including phenoxy) is 1. The summed E-state index contributed by atoms with van der Waals surface area (Å²) in [4.78, 5) is 0. The Bertz CT molecular complexity index is 502. The Morgan fingerprint density at radius 2 is 1.53 bits per heavy atom. The predicted octanol–water partition coefficient (Wildman–Crippen LogP) is 4.33. The minimum atomic E-state index is 0.712. The summed E-state index contributed by atoms with van der Waals surface area (Å²) in [6.07, 6.45) is 0. The molecule has 0 atom stereocenters. The highest BCUT2D eigenvalue weighted by Crippen LogP contribution is 2.30. The van der Waals surface area contributed by atoms with Gasteiger partial charge in [0.2, 0.25) is 0 Å². The number of nitrogens with two attached hydrogens (primary N) is 1. The fraction of sp³-hybridized carbons (Fsp3) is 0.143. The number of nitrogen functional groups attached to an aromatic ring is 1. The molecule has 3 heteroatoms. The zero-order valence-corrected chi connectivity index (χ0v) is 10.6. The first kappa shape index (κ1) is 11.8. The lowest BCUT2D eigenvalue weighted by atomic mass is 10.2. The second-order valence-electron chi connectivity index (χ2n) is 4.04. The second-order valence-corrected chi connectivity index (χ2v) is 4.47. The molecule has 0 aliphatic rings. The molecule has 0 aromatic heterocycles. The van der Waals surface area contributed by atoms with Crippen molar-refractivity contribution in [2.75, 3.05) is 5.73 Å². The molecule has 2 rings (SSSR count). The van der Waals surface area contributed by atoms with E-state index in [0.29, 0.717) is 5.02 Å². The van der Waals surface area contributed by atoms with Crippen molar-refractivity contribution in [3.8, 4) is 11.5 Å². The predicted molar refractivity (Wildman–Crippen MR) is 71.9 cm³/mol. The Balaban J connectivity index is 2.31. The monoisotopic (exact) mass is 247 g/mol. The Morgan fingerprint density at radius 1 is 0.941 bits per heavy atom. The Labute approximate surface area is 106 Å². The van der Waals surface area contributed by atoms with Crippen LogP contribution in [0.2, 0.25) is 5.02 Å². The number of anilines is 1. The maximum Gasteiger partial charge on any atom is 0.130 e. The van der Waals surface area contributed by atoms with E-state index in [2.05, 4.69) is 0 Å². The van der Waals surface area contributed by atoms with Crippen LogP contribution in [-0.2, 0) is 0 Å². The van der Waals surface area contributed by atoms with Crippen molar-refractivity contribution in [3.05, 3.63) is 52.5 Å². The van der Waals surface area contributed by atoms with E-state index in [4.69, 9.17) is 22.1 Å². The summed E-state index contributed by atoms with van der Waals surface area (Å²) in [6, 6.07) is 11.2. The molecule has 2 aromatic rings. The number of rotatable bonds is 2. The minimum absolute atomic E-state index is 0.712. The molecule has 0 saturated heterocycles. The van der Waals surface area contributed by atoms with Crippen molar-refractivity contribution in [3.63, 3.8) is 0 Å². The zero-order valence-electron chi connectivity index (χ0n) is 9.83. The zero-order chi connectivity index (χ0) is 12.4. The molecule has 2 nitrogen and oxygen atoms in total. The van der Waals surface area contributed by atoms with Crippen molar-refractivity contribution in [1.82, 2.24) is 0 Å². The van der Waals surface area contributed by atoms with Gasteiger partial charge in [0.1, 0.15) is 11.5 Å². The summed E-state index contributed by atoms with van der Waals surface area (Å²) in [5.74, 6) is 1.62. The molecular weight excluding hydrogens is 234 g/mol. The smallest absolute Gasteiger partial charge is 0.130 e. The fourth-order valence-corrected chi connectivity index (χ4v) is 1.86. The molecule has 2 aromatic carbocycles. The van der Waals surface area contributed by atoms with E-state index in [1.807, 2.05) is 50.2 Å². The van der Waals surface area contributed by atoms with E-state index in [1.54, 1.807) is 0 Å². The number of hydrogen-bond acceptors (Lipinski definition) is 2. The summed E-state index contributed by atoms with van der Waals surface area (Å²) in [6.45, 7) is 3.94. The molecule has 0 heterocycles. The van der Waals surface area contributed by atoms with Crippen molar-refractivity contribution < 1.29 is 4.74 Å². The Kier molecular flexibility index (Phi) is 3.25. The van der Waals surface area contributed by atoms with E-state index >= 15 is 0 Å². The summed E-state index contributed by atoms with van der Waals surface area (Å²) in [5.41, 5.74) is 8.46. The quantitative estimate of drug-likeness (QED) is 0.802. The van der Waals surface area contributed by atoms with Crippen LogP contribution in [0.1, 0.15) is 11.1 Å². The van der Waals surface area contributed by atoms with Crippen LogP contribution in [0.15, 0.2) is 36.4 Å². The summed E-state index contributed by atoms with van der Waals surface area (Å²) in [5, 5.41) is 0.712. The molecular formula is C14H14ClNO. The highest BCUT2D eigenvalue weighted by atomic mass is 35.5. The second kappa shape index (κ2) is 4.68. The van der Waals surface area contributed by atoms with Gasteiger partial charge in [0.15, 0.2) is 0 Å². The molecule has 0 bridgehead atoms. The Hall–Kier alpha value is -1.67. The van der Waals surface area contributed by atoms with Crippen LogP contribution in [0.4, 0.5) is 5.69 Å². The first-order chi connectivity index (χ1) is 8.06. The third-order valence-corrected chi connectivity index (χ3v) is 2.79. The summed E-state index contributed by atoms with van der Waals surface area (Å²) in [7, 11) is 0. The standard InChI is InChI=1S/C14H14ClNO/c1-9-7-11(15)3-5-13(9)17-14-6-4-12(16)8-10(14)2/h3-8H,16H2,1-2H3. The first-order valence-corrected chi connectivity index (χ1v) is 5.74. The molecule has 0 spiro atoms. The van der Waals surface area contributed by atoms with Gasteiger partial charge in [0.05, 0.1) is 0 Å². The van der Waals surface area contributed by atoms with E-state index in [1.165, 1.54) is 0 Å². The average Bonchev–Trinajstić information content (AvgIpc) is 2.25. The lowest BCUT2D eigenvalue weighted by Crippen LogP contribution is -1.92. The number of hydrogen-bond donors (Lipinski definition) is 1. The molecule has 0 radical (unpaired) electrons. The van der Waals surface area contributed by atoms with Gasteiger partial charge in [-0.1, -0.05) is 11.6 Å². The van der Waals surface area contributed by atoms with Gasteiger partial charge in [-0.05, 0) is 61.4 Å². The average molecular weight is 248 g/mol. The van der Waals surface area contributed by atoms with Crippen LogP contribution in [0, 0.1) is 13.8 Å². The van der Waals surface area contributed by atoms with Crippen LogP contribution >= 0.6 is 11.6 Å². The SMILES string of the molecule is Cc1cc(N)ccc1Oc1ccc(Cl)cc1C. The van der Waals surface area contributed by atoms with Gasteiger partial charge in [0.25, 0.3) is 0 Å². The van der Waals surface area contributed by atoms with Crippen molar-refractivity contribution in [2.24, 2.45) is 0 Å². The highest BCUT2D eigenvalue weighted by molar-refractivity contribution is 6.30. The topological polar surface area (TPSA) is 35.2 Å². The lowest BCUT2D eigenvalue weighted by molar-refractivity contribution is 0.475. The van der Waals surface area contributed by atoms with E-state index in [0.717, 1.165) is 28.3 Å². The van der Waals surface area contributed by atoms with Crippen LogP contribution < -0.4 is 10.5 Å². The minimum Gasteiger partial charge on any atom is -0.457 e. The summed E-state index contributed by atoms with van der Waals surface area (Å²) < 4.78 is 5.84. The number of aryl methyl sites for hydroxylation is 2. The van der Waals surface area contributed by atoms with Gasteiger partial charge in [-0.2, -0.15) is 0 Å². The van der Waals surface area contributed by atoms with Gasteiger partial charge in [-0.3, -0.25) is 0 Å². The molecule has 0 aliphatic carbocycles.